The largest absolute Gasteiger partial charge is 0.334 e. The van der Waals surface area contributed by atoms with Crippen molar-refractivity contribution in [2.24, 2.45) is 5.92 Å². The zero-order chi connectivity index (χ0) is 17.4. The smallest absolute Gasteiger partial charge is 0.233 e. The third kappa shape index (κ3) is 3.55. The molecule has 25 heavy (non-hydrogen) atoms. The number of quaternary nitrogens is 1. The normalized spacial score (nSPS) is 21.5. The number of hydrogen-bond donors (Lipinski definition) is 1. The molecule has 1 aliphatic heterocycles. The van der Waals surface area contributed by atoms with E-state index < -0.39 is 0 Å². The van der Waals surface area contributed by atoms with Crippen molar-refractivity contribution in [3.05, 3.63) is 16.8 Å². The van der Waals surface area contributed by atoms with Gasteiger partial charge in [0.15, 0.2) is 0 Å². The number of amides is 1. The molecule has 1 saturated heterocycles. The SMILES string of the molecule is C[C@@H]1CCc2c(sc3ncnc(SCC(=O)N4CC[NH+](C)CC4)c23)C1. The van der Waals surface area contributed by atoms with Gasteiger partial charge in [-0.25, -0.2) is 9.97 Å². The molecule has 0 unspecified atom stereocenters. The van der Waals surface area contributed by atoms with Gasteiger partial charge in [0.05, 0.1) is 39.0 Å². The number of fused-ring (bicyclic) bond motifs is 3. The lowest BCUT2D eigenvalue weighted by molar-refractivity contribution is -0.883. The minimum atomic E-state index is 0.238. The molecule has 0 saturated carbocycles. The van der Waals surface area contributed by atoms with Gasteiger partial charge in [-0.05, 0) is 30.7 Å². The van der Waals surface area contributed by atoms with Crippen LogP contribution >= 0.6 is 23.1 Å². The number of nitrogens with zero attached hydrogens (tertiary/aromatic N) is 3. The maximum Gasteiger partial charge on any atom is 0.233 e. The molecule has 0 bridgehead atoms. The molecular formula is C18H25N4OS2+. The van der Waals surface area contributed by atoms with Gasteiger partial charge in [0.25, 0.3) is 0 Å². The van der Waals surface area contributed by atoms with Gasteiger partial charge in [0.2, 0.25) is 5.91 Å². The maximum atomic E-state index is 12.5. The van der Waals surface area contributed by atoms with Crippen LogP contribution < -0.4 is 4.90 Å². The van der Waals surface area contributed by atoms with Gasteiger partial charge < -0.3 is 9.80 Å². The highest BCUT2D eigenvalue weighted by Gasteiger charge is 2.25. The first-order chi connectivity index (χ1) is 12.1. The molecule has 1 N–H and O–H groups in total. The Balaban J connectivity index is 1.51. The van der Waals surface area contributed by atoms with Crippen LogP contribution in [-0.2, 0) is 17.6 Å². The Morgan fingerprint density at radius 3 is 3.00 bits per heavy atom. The molecule has 1 atom stereocenters. The van der Waals surface area contributed by atoms with Gasteiger partial charge in [-0.2, -0.15) is 0 Å². The Morgan fingerprint density at radius 1 is 1.40 bits per heavy atom. The number of aryl methyl sites for hydroxylation is 1. The van der Waals surface area contributed by atoms with Crippen molar-refractivity contribution in [3.8, 4) is 0 Å². The molecule has 4 rings (SSSR count). The minimum absolute atomic E-state index is 0.238. The number of thiophene rings is 1. The van der Waals surface area contributed by atoms with Crippen LogP contribution in [0, 0.1) is 5.92 Å². The van der Waals surface area contributed by atoms with Crippen LogP contribution in [-0.4, -0.2) is 59.8 Å². The first-order valence-electron chi connectivity index (χ1n) is 9.09. The van der Waals surface area contributed by atoms with Crippen molar-refractivity contribution >= 4 is 39.2 Å². The summed E-state index contributed by atoms with van der Waals surface area (Å²) in [5.41, 5.74) is 1.44. The summed E-state index contributed by atoms with van der Waals surface area (Å²) in [7, 11) is 2.19. The second kappa shape index (κ2) is 7.21. The van der Waals surface area contributed by atoms with Crippen LogP contribution in [0.25, 0.3) is 10.2 Å². The van der Waals surface area contributed by atoms with Gasteiger partial charge in [-0.3, -0.25) is 4.79 Å². The fourth-order valence-corrected chi connectivity index (χ4v) is 6.06. The number of hydrogen-bond acceptors (Lipinski definition) is 5. The summed E-state index contributed by atoms with van der Waals surface area (Å²) in [5.74, 6) is 1.47. The molecule has 2 aromatic rings. The van der Waals surface area contributed by atoms with Gasteiger partial charge in [-0.15, -0.1) is 11.3 Å². The monoisotopic (exact) mass is 377 g/mol. The Hall–Kier alpha value is -1.18. The molecule has 1 aliphatic carbocycles. The molecular weight excluding hydrogens is 352 g/mol. The molecule has 134 valence electrons. The average Bonchev–Trinajstić information content (AvgIpc) is 2.98. The molecule has 1 fully saturated rings. The summed E-state index contributed by atoms with van der Waals surface area (Å²) in [6.07, 6.45) is 5.16. The third-order valence-electron chi connectivity index (χ3n) is 5.36. The molecule has 2 aromatic heterocycles. The van der Waals surface area contributed by atoms with Gasteiger partial charge in [0.1, 0.15) is 16.2 Å². The summed E-state index contributed by atoms with van der Waals surface area (Å²) < 4.78 is 0. The Bertz CT molecular complexity index is 783. The summed E-state index contributed by atoms with van der Waals surface area (Å²) >= 11 is 3.41. The van der Waals surface area contributed by atoms with Crippen LogP contribution in [0.4, 0.5) is 0 Å². The fraction of sp³-hybridized carbons (Fsp3) is 0.611. The van der Waals surface area contributed by atoms with E-state index in [0.717, 1.165) is 54.8 Å². The molecule has 3 heterocycles. The van der Waals surface area contributed by atoms with E-state index in [2.05, 4.69) is 23.9 Å². The first-order valence-corrected chi connectivity index (χ1v) is 10.9. The van der Waals surface area contributed by atoms with E-state index in [-0.39, 0.29) is 5.91 Å². The van der Waals surface area contributed by atoms with Crippen LogP contribution in [0.1, 0.15) is 23.8 Å². The predicted octanol–water partition coefficient (Wildman–Crippen LogP) is 1.27. The lowest BCUT2D eigenvalue weighted by atomic mass is 9.89. The second-order valence-electron chi connectivity index (χ2n) is 7.34. The summed E-state index contributed by atoms with van der Waals surface area (Å²) in [6, 6.07) is 0. The number of carbonyl (C=O) groups excluding carboxylic acids is 1. The molecule has 5 nitrogen and oxygen atoms in total. The van der Waals surface area contributed by atoms with E-state index in [1.54, 1.807) is 18.1 Å². The van der Waals surface area contributed by atoms with E-state index in [9.17, 15) is 4.79 Å². The van der Waals surface area contributed by atoms with Crippen LogP contribution in [0.2, 0.25) is 0 Å². The van der Waals surface area contributed by atoms with Crippen molar-refractivity contribution in [1.29, 1.82) is 0 Å². The van der Waals surface area contributed by atoms with E-state index >= 15 is 0 Å². The van der Waals surface area contributed by atoms with Crippen molar-refractivity contribution in [2.75, 3.05) is 39.0 Å². The van der Waals surface area contributed by atoms with Crippen molar-refractivity contribution in [2.45, 2.75) is 31.2 Å². The zero-order valence-corrected chi connectivity index (χ0v) is 16.5. The van der Waals surface area contributed by atoms with E-state index in [1.165, 1.54) is 27.1 Å². The molecule has 2 aliphatic rings. The van der Waals surface area contributed by atoms with Gasteiger partial charge in [0, 0.05) is 10.3 Å². The standard InChI is InChI=1S/C18H24N4OS2/c1-12-3-4-13-14(9-12)25-18-16(13)17(19-11-20-18)24-10-15(23)22-7-5-21(2)6-8-22/h11-12H,3-10H2,1-2H3/p+1/t12-/m1/s1. The number of carbonyl (C=O) groups is 1. The lowest BCUT2D eigenvalue weighted by Gasteiger charge is -2.30. The number of thioether (sulfide) groups is 1. The Labute approximate surface area is 156 Å². The number of likely N-dealkylation sites (N-methyl/N-ethyl adjacent to an activating group) is 1. The zero-order valence-electron chi connectivity index (χ0n) is 14.9. The van der Waals surface area contributed by atoms with Gasteiger partial charge >= 0.3 is 0 Å². The lowest BCUT2D eigenvalue weighted by Crippen LogP contribution is -3.12. The predicted molar refractivity (Wildman–Crippen MR) is 103 cm³/mol. The first kappa shape index (κ1) is 17.2. The maximum absolute atomic E-state index is 12.5. The van der Waals surface area contributed by atoms with Crippen LogP contribution in [0.5, 0.6) is 0 Å². The minimum Gasteiger partial charge on any atom is -0.334 e. The average molecular weight is 378 g/mol. The number of aromatic nitrogens is 2. The van der Waals surface area contributed by atoms with E-state index in [0.29, 0.717) is 5.75 Å². The molecule has 1 amide bonds. The van der Waals surface area contributed by atoms with Crippen molar-refractivity contribution in [1.82, 2.24) is 14.9 Å². The van der Waals surface area contributed by atoms with E-state index in [1.807, 2.05) is 16.2 Å². The summed E-state index contributed by atoms with van der Waals surface area (Å²) in [5, 5.41) is 2.21. The van der Waals surface area contributed by atoms with Crippen molar-refractivity contribution < 1.29 is 9.69 Å². The molecule has 0 spiro atoms. The molecule has 0 radical (unpaired) electrons. The number of nitrogens with one attached hydrogen (secondary N) is 1. The van der Waals surface area contributed by atoms with Crippen LogP contribution in [0.3, 0.4) is 0 Å². The fourth-order valence-electron chi connectivity index (χ4n) is 3.71. The quantitative estimate of drug-likeness (QED) is 0.646. The van der Waals surface area contributed by atoms with Crippen molar-refractivity contribution in [3.63, 3.8) is 0 Å². The summed E-state index contributed by atoms with van der Waals surface area (Å²) in [6.45, 7) is 6.16. The van der Waals surface area contributed by atoms with Gasteiger partial charge in [-0.1, -0.05) is 18.7 Å². The highest BCUT2D eigenvalue weighted by Crippen LogP contribution is 2.40. The Morgan fingerprint density at radius 2 is 2.20 bits per heavy atom. The number of rotatable bonds is 3. The van der Waals surface area contributed by atoms with Crippen LogP contribution in [0.15, 0.2) is 11.4 Å². The molecule has 7 heteroatoms. The summed E-state index contributed by atoms with van der Waals surface area (Å²) in [4.78, 5) is 27.6. The number of piperazine rings is 1. The third-order valence-corrected chi connectivity index (χ3v) is 7.50. The Kier molecular flexibility index (Phi) is 4.97. The highest BCUT2D eigenvalue weighted by atomic mass is 32.2. The molecule has 0 aromatic carbocycles. The highest BCUT2D eigenvalue weighted by molar-refractivity contribution is 8.00. The second-order valence-corrected chi connectivity index (χ2v) is 9.38. The van der Waals surface area contributed by atoms with E-state index in [4.69, 9.17) is 0 Å². The topological polar surface area (TPSA) is 50.5 Å².